The molecule has 0 N–H and O–H groups in total. The average molecular weight is 318 g/mol. The van der Waals surface area contributed by atoms with Gasteiger partial charge in [0, 0.05) is 11.5 Å². The van der Waals surface area contributed by atoms with Gasteiger partial charge in [0.2, 0.25) is 0 Å². The van der Waals surface area contributed by atoms with Crippen molar-refractivity contribution in [2.75, 3.05) is 0 Å². The van der Waals surface area contributed by atoms with Crippen molar-refractivity contribution in [3.05, 3.63) is 53.1 Å². The fourth-order valence-corrected chi connectivity index (χ4v) is 3.27. The molecule has 2 aromatic carbocycles. The third-order valence-corrected chi connectivity index (χ3v) is 4.26. The second-order valence-electron chi connectivity index (χ2n) is 5.01. The average Bonchev–Trinajstić information content (AvgIpc) is 2.97. The molecule has 1 aliphatic heterocycles. The summed E-state index contributed by atoms with van der Waals surface area (Å²) in [7, 11) is 0. The normalized spacial score (nSPS) is 17.4. The van der Waals surface area contributed by atoms with E-state index in [4.69, 9.17) is 4.74 Å². The molecule has 2 heterocycles. The molecule has 22 heavy (non-hydrogen) atoms. The van der Waals surface area contributed by atoms with E-state index in [-0.39, 0.29) is 6.42 Å². The molecule has 3 aromatic rings. The number of ether oxygens (including phenoxy) is 1. The fourth-order valence-electron chi connectivity index (χ4n) is 2.73. The van der Waals surface area contributed by atoms with Gasteiger partial charge in [-0.2, -0.15) is 8.75 Å². The number of nitrogens with zero attached hydrogens (tertiary/aromatic N) is 2. The molecule has 1 aromatic heterocycles. The standard InChI is InChI=1S/C15H8F2N2O2S/c16-9-2-1-7(5-10(9)17)8-6-13(20)21-12-4-3-11-15(14(8)12)19-22-18-11/h1-5,8H,6H2/t8-/m0/s1. The Labute approximate surface area is 127 Å². The number of fused-ring (bicyclic) bond motifs is 3. The van der Waals surface area contributed by atoms with Gasteiger partial charge in [-0.3, -0.25) is 4.79 Å². The first kappa shape index (κ1) is 13.3. The Hall–Kier alpha value is -2.41. The first-order valence-corrected chi connectivity index (χ1v) is 7.27. The van der Waals surface area contributed by atoms with Crippen LogP contribution < -0.4 is 4.74 Å². The molecule has 0 fully saturated rings. The molecule has 110 valence electrons. The molecule has 0 bridgehead atoms. The lowest BCUT2D eigenvalue weighted by molar-refractivity contribution is -0.135. The Bertz CT molecular complexity index is 910. The van der Waals surface area contributed by atoms with Crippen molar-refractivity contribution in [2.24, 2.45) is 0 Å². The van der Waals surface area contributed by atoms with Crippen molar-refractivity contribution in [3.63, 3.8) is 0 Å². The van der Waals surface area contributed by atoms with Crippen LogP contribution in [0, 0.1) is 11.6 Å². The van der Waals surface area contributed by atoms with E-state index in [1.807, 2.05) is 0 Å². The lowest BCUT2D eigenvalue weighted by Gasteiger charge is -2.25. The number of rotatable bonds is 1. The fraction of sp³-hybridized carbons (Fsp3) is 0.133. The summed E-state index contributed by atoms with van der Waals surface area (Å²) in [6.45, 7) is 0. The highest BCUT2D eigenvalue weighted by atomic mass is 32.1. The maximum absolute atomic E-state index is 13.5. The van der Waals surface area contributed by atoms with Crippen LogP contribution in [0.1, 0.15) is 23.5 Å². The van der Waals surface area contributed by atoms with Crippen molar-refractivity contribution in [1.29, 1.82) is 0 Å². The van der Waals surface area contributed by atoms with Crippen molar-refractivity contribution >= 4 is 28.7 Å². The molecule has 0 saturated heterocycles. The maximum atomic E-state index is 13.5. The molecule has 0 saturated carbocycles. The molecule has 4 rings (SSSR count). The SMILES string of the molecule is O=C1C[C@@H](c2ccc(F)c(F)c2)c2c(ccc3nsnc23)O1. The van der Waals surface area contributed by atoms with Gasteiger partial charge < -0.3 is 4.74 Å². The van der Waals surface area contributed by atoms with Gasteiger partial charge in [-0.05, 0) is 29.8 Å². The topological polar surface area (TPSA) is 52.1 Å². The number of esters is 1. The number of carbonyl (C=O) groups is 1. The third kappa shape index (κ3) is 1.97. The quantitative estimate of drug-likeness (QED) is 0.510. The van der Waals surface area contributed by atoms with Gasteiger partial charge in [0.05, 0.1) is 18.1 Å². The number of hydrogen-bond donors (Lipinski definition) is 0. The molecule has 1 aliphatic rings. The number of halogens is 2. The summed E-state index contributed by atoms with van der Waals surface area (Å²) in [5.74, 6) is -2.31. The second kappa shape index (κ2) is 4.81. The van der Waals surface area contributed by atoms with E-state index < -0.39 is 23.5 Å². The predicted molar refractivity (Wildman–Crippen MR) is 75.9 cm³/mol. The Balaban J connectivity index is 1.95. The van der Waals surface area contributed by atoms with Crippen molar-refractivity contribution in [2.45, 2.75) is 12.3 Å². The van der Waals surface area contributed by atoms with Crippen LogP contribution in [-0.2, 0) is 4.79 Å². The Morgan fingerprint density at radius 1 is 1.14 bits per heavy atom. The predicted octanol–water partition coefficient (Wildman–Crippen LogP) is 3.41. The Morgan fingerprint density at radius 2 is 2.00 bits per heavy atom. The monoisotopic (exact) mass is 318 g/mol. The van der Waals surface area contributed by atoms with Gasteiger partial charge in [-0.15, -0.1) is 0 Å². The zero-order chi connectivity index (χ0) is 15.3. The van der Waals surface area contributed by atoms with Gasteiger partial charge in [0.1, 0.15) is 16.8 Å². The van der Waals surface area contributed by atoms with Crippen LogP contribution in [0.25, 0.3) is 11.0 Å². The number of carbonyl (C=O) groups excluding carboxylic acids is 1. The van der Waals surface area contributed by atoms with Gasteiger partial charge in [-0.25, -0.2) is 8.78 Å². The molecule has 1 atom stereocenters. The largest absolute Gasteiger partial charge is 0.426 e. The van der Waals surface area contributed by atoms with Crippen LogP contribution in [0.5, 0.6) is 5.75 Å². The van der Waals surface area contributed by atoms with E-state index in [2.05, 4.69) is 8.75 Å². The Kier molecular flexibility index (Phi) is 2.90. The van der Waals surface area contributed by atoms with Gasteiger partial charge in [0.25, 0.3) is 0 Å². The van der Waals surface area contributed by atoms with Crippen LogP contribution in [0.2, 0.25) is 0 Å². The number of hydrogen-bond acceptors (Lipinski definition) is 5. The molecular formula is C15H8F2N2O2S. The van der Waals surface area contributed by atoms with Crippen LogP contribution in [0.15, 0.2) is 30.3 Å². The summed E-state index contributed by atoms with van der Waals surface area (Å²) in [6, 6.07) is 7.02. The maximum Gasteiger partial charge on any atom is 0.312 e. The van der Waals surface area contributed by atoms with E-state index in [9.17, 15) is 13.6 Å². The molecule has 0 unspecified atom stereocenters. The van der Waals surface area contributed by atoms with Crippen LogP contribution in [0.3, 0.4) is 0 Å². The number of benzene rings is 2. The summed E-state index contributed by atoms with van der Waals surface area (Å²) in [5, 5.41) is 0. The van der Waals surface area contributed by atoms with E-state index in [1.165, 1.54) is 6.07 Å². The van der Waals surface area contributed by atoms with Gasteiger partial charge >= 0.3 is 5.97 Å². The smallest absolute Gasteiger partial charge is 0.312 e. The zero-order valence-corrected chi connectivity index (χ0v) is 11.9. The molecule has 7 heteroatoms. The lowest BCUT2D eigenvalue weighted by Crippen LogP contribution is -2.21. The minimum atomic E-state index is -0.943. The van der Waals surface area contributed by atoms with Crippen molar-refractivity contribution in [3.8, 4) is 5.75 Å². The minimum absolute atomic E-state index is 0.0503. The highest BCUT2D eigenvalue weighted by Gasteiger charge is 2.31. The second-order valence-corrected chi connectivity index (χ2v) is 5.54. The minimum Gasteiger partial charge on any atom is -0.426 e. The summed E-state index contributed by atoms with van der Waals surface area (Å²) in [6.07, 6.45) is 0.0503. The van der Waals surface area contributed by atoms with E-state index in [0.717, 1.165) is 23.9 Å². The van der Waals surface area contributed by atoms with Crippen molar-refractivity contribution in [1.82, 2.24) is 8.75 Å². The van der Waals surface area contributed by atoms with Crippen molar-refractivity contribution < 1.29 is 18.3 Å². The summed E-state index contributed by atoms with van der Waals surface area (Å²) >= 11 is 1.05. The highest BCUT2D eigenvalue weighted by Crippen LogP contribution is 2.42. The molecule has 0 spiro atoms. The van der Waals surface area contributed by atoms with E-state index in [1.54, 1.807) is 12.1 Å². The van der Waals surface area contributed by atoms with E-state index >= 15 is 0 Å². The molecular weight excluding hydrogens is 310 g/mol. The van der Waals surface area contributed by atoms with Crippen LogP contribution in [0.4, 0.5) is 8.78 Å². The van der Waals surface area contributed by atoms with Gasteiger partial charge in [0.15, 0.2) is 11.6 Å². The Morgan fingerprint density at radius 3 is 2.82 bits per heavy atom. The summed E-state index contributed by atoms with van der Waals surface area (Å²) < 4.78 is 40.3. The third-order valence-electron chi connectivity index (χ3n) is 3.72. The summed E-state index contributed by atoms with van der Waals surface area (Å²) in [4.78, 5) is 11.8. The summed E-state index contributed by atoms with van der Waals surface area (Å²) in [5.41, 5.74) is 2.52. The number of aromatic nitrogens is 2. The van der Waals surface area contributed by atoms with Crippen LogP contribution in [-0.4, -0.2) is 14.7 Å². The first-order valence-electron chi connectivity index (χ1n) is 6.54. The lowest BCUT2D eigenvalue weighted by atomic mass is 9.85. The van der Waals surface area contributed by atoms with Gasteiger partial charge in [-0.1, -0.05) is 6.07 Å². The highest BCUT2D eigenvalue weighted by molar-refractivity contribution is 7.00. The molecule has 4 nitrogen and oxygen atoms in total. The first-order chi connectivity index (χ1) is 10.6. The van der Waals surface area contributed by atoms with Crippen LogP contribution >= 0.6 is 11.7 Å². The van der Waals surface area contributed by atoms with E-state index in [0.29, 0.717) is 27.9 Å². The zero-order valence-electron chi connectivity index (χ0n) is 11.0. The molecule has 0 aliphatic carbocycles. The molecule has 0 amide bonds. The molecule has 0 radical (unpaired) electrons.